The third-order valence-corrected chi connectivity index (χ3v) is 6.61. The van der Waals surface area contributed by atoms with Crippen molar-refractivity contribution in [1.82, 2.24) is 4.57 Å². The first kappa shape index (κ1) is 18.2. The van der Waals surface area contributed by atoms with Gasteiger partial charge in [0.05, 0.1) is 5.52 Å². The van der Waals surface area contributed by atoms with Gasteiger partial charge in [0.1, 0.15) is 23.5 Å². The van der Waals surface area contributed by atoms with E-state index >= 15 is 0 Å². The van der Waals surface area contributed by atoms with Crippen molar-refractivity contribution >= 4 is 73.3 Å². The second-order valence-electron chi connectivity index (χ2n) is 7.65. The first-order chi connectivity index (χ1) is 14.1. The van der Waals surface area contributed by atoms with Gasteiger partial charge in [-0.15, -0.1) is 0 Å². The first-order valence-electron chi connectivity index (χ1n) is 9.93. The summed E-state index contributed by atoms with van der Waals surface area (Å²) in [5.74, 6) is 0. The van der Waals surface area contributed by atoms with Gasteiger partial charge in [0.2, 0.25) is 0 Å². The number of fused-ring (bicyclic) bond motifs is 3. The van der Waals surface area contributed by atoms with Crippen LogP contribution in [-0.4, -0.2) is 28.1 Å². The molecule has 0 unspecified atom stereocenters. The highest BCUT2D eigenvalue weighted by Gasteiger charge is 2.21. The van der Waals surface area contributed by atoms with Crippen LogP contribution in [-0.2, 0) is 0 Å². The molecule has 4 aromatic carbocycles. The zero-order chi connectivity index (χ0) is 20.1. The lowest BCUT2D eigenvalue weighted by Gasteiger charge is -2.15. The van der Waals surface area contributed by atoms with Crippen LogP contribution in [0.25, 0.3) is 38.6 Å². The maximum Gasteiger partial charge on any atom is 0.142 e. The molecule has 0 saturated carbocycles. The molecule has 136 valence electrons. The monoisotopic (exact) mass is 389 g/mol. The first-order valence-corrected chi connectivity index (χ1v) is 10.3. The molecule has 0 bridgehead atoms. The molecule has 0 aliphatic carbocycles. The highest BCUT2D eigenvalue weighted by Crippen LogP contribution is 2.37. The Labute approximate surface area is 178 Å². The Morgan fingerprint density at radius 2 is 1.28 bits per heavy atom. The summed E-state index contributed by atoms with van der Waals surface area (Å²) in [6.45, 7) is 0. The molecule has 1 nitrogen and oxygen atoms in total. The van der Waals surface area contributed by atoms with Crippen molar-refractivity contribution < 1.29 is 0 Å². The topological polar surface area (TPSA) is 4.93 Å². The van der Waals surface area contributed by atoms with Crippen molar-refractivity contribution in [2.45, 2.75) is 0 Å². The lowest BCUT2D eigenvalue weighted by molar-refractivity contribution is 1.19. The molecule has 0 fully saturated rings. The van der Waals surface area contributed by atoms with E-state index in [1.807, 2.05) is 0 Å². The summed E-state index contributed by atoms with van der Waals surface area (Å²) in [6.07, 6.45) is 0. The van der Waals surface area contributed by atoms with E-state index in [1.54, 1.807) is 0 Å². The summed E-state index contributed by atoms with van der Waals surface area (Å²) in [5.41, 5.74) is 9.62. The van der Waals surface area contributed by atoms with Crippen LogP contribution in [0.2, 0.25) is 5.02 Å². The number of benzene rings is 4. The third-order valence-electron chi connectivity index (χ3n) is 6.04. The lowest BCUT2D eigenvalue weighted by atomic mass is 9.74. The van der Waals surface area contributed by atoms with Gasteiger partial charge < -0.3 is 4.57 Å². The fraction of sp³-hybridized carbons (Fsp3) is 0. The number of rotatable bonds is 2. The van der Waals surface area contributed by atoms with Gasteiger partial charge >= 0.3 is 0 Å². The molecule has 5 rings (SSSR count). The fourth-order valence-corrected chi connectivity index (χ4v) is 4.73. The summed E-state index contributed by atoms with van der Waals surface area (Å²) in [6, 6.07) is 27.8. The maximum absolute atomic E-state index is 6.77. The van der Waals surface area contributed by atoms with E-state index < -0.39 is 0 Å². The molecule has 0 aliphatic heterocycles. The molecule has 29 heavy (non-hydrogen) atoms. The largest absolute Gasteiger partial charge is 0.309 e. The summed E-state index contributed by atoms with van der Waals surface area (Å²) < 4.78 is 2.42. The Morgan fingerprint density at radius 1 is 0.621 bits per heavy atom. The van der Waals surface area contributed by atoms with E-state index in [9.17, 15) is 0 Å². The van der Waals surface area contributed by atoms with Gasteiger partial charge in [-0.2, -0.15) is 0 Å². The molecule has 0 amide bonds. The normalized spacial score (nSPS) is 11.3. The molecule has 0 saturated heterocycles. The Balaban J connectivity index is 2.08. The zero-order valence-corrected chi connectivity index (χ0v) is 17.6. The van der Waals surface area contributed by atoms with Crippen LogP contribution >= 0.6 is 11.6 Å². The van der Waals surface area contributed by atoms with E-state index in [2.05, 4.69) is 107 Å². The molecule has 1 aromatic heterocycles. The van der Waals surface area contributed by atoms with E-state index in [4.69, 9.17) is 11.6 Å². The number of hydrogen-bond donors (Lipinski definition) is 0. The van der Waals surface area contributed by atoms with Crippen LogP contribution in [0.15, 0.2) is 78.9 Å². The maximum atomic E-state index is 6.77. The van der Waals surface area contributed by atoms with Crippen LogP contribution in [0.4, 0.5) is 0 Å². The predicted molar refractivity (Wildman–Crippen MR) is 136 cm³/mol. The van der Waals surface area contributed by atoms with E-state index in [0.29, 0.717) is 0 Å². The van der Waals surface area contributed by atoms with Crippen LogP contribution < -0.4 is 16.4 Å². The van der Waals surface area contributed by atoms with Gasteiger partial charge in [-0.05, 0) is 17.7 Å². The van der Waals surface area contributed by atoms with Crippen molar-refractivity contribution in [2.24, 2.45) is 0 Å². The van der Waals surface area contributed by atoms with Crippen molar-refractivity contribution in [3.63, 3.8) is 0 Å². The standard InChI is InChI=1S/C24H19B3ClN/c25-19-18-17-13-7-12-16(14-8-3-1-4-9-14)23(17)29(15-10-5-2-6-11-15)24(18)21(27)20(26)22(19)28/h1-13H,25-27H2. The summed E-state index contributed by atoms with van der Waals surface area (Å²) >= 11 is 6.77. The van der Waals surface area contributed by atoms with Crippen molar-refractivity contribution in [2.75, 3.05) is 0 Å². The quantitative estimate of drug-likeness (QED) is 0.407. The van der Waals surface area contributed by atoms with Crippen molar-refractivity contribution in [3.05, 3.63) is 83.9 Å². The summed E-state index contributed by atoms with van der Waals surface area (Å²) in [7, 11) is 6.44. The smallest absolute Gasteiger partial charge is 0.142 e. The number of halogens is 1. The molecule has 1 heterocycles. The van der Waals surface area contributed by atoms with E-state index in [1.165, 1.54) is 44.1 Å². The molecular formula is C24H19B3ClN. The van der Waals surface area contributed by atoms with Gasteiger partial charge in [0, 0.05) is 32.6 Å². The molecular weight excluding hydrogens is 370 g/mol. The van der Waals surface area contributed by atoms with E-state index in [-0.39, 0.29) is 0 Å². The Hall–Kier alpha value is -2.84. The summed E-state index contributed by atoms with van der Waals surface area (Å²) in [5, 5.41) is 3.36. The minimum atomic E-state index is 0.868. The van der Waals surface area contributed by atoms with Gasteiger partial charge in [0.25, 0.3) is 0 Å². The van der Waals surface area contributed by atoms with Gasteiger partial charge in [0.15, 0.2) is 0 Å². The SMILES string of the molecule is Bc1c(Cl)c(B)c2c3cccc(-c4ccccc4)c3n(-c3ccccc3)c2c1B. The van der Waals surface area contributed by atoms with Gasteiger partial charge in [-0.25, -0.2) is 0 Å². The van der Waals surface area contributed by atoms with Crippen LogP contribution in [0.3, 0.4) is 0 Å². The molecule has 0 radical (unpaired) electrons. The minimum absolute atomic E-state index is 0.868. The number of hydrogen-bond acceptors (Lipinski definition) is 0. The van der Waals surface area contributed by atoms with Gasteiger partial charge in [-0.3, -0.25) is 0 Å². The number of para-hydroxylation sites is 2. The third kappa shape index (κ3) is 2.67. The van der Waals surface area contributed by atoms with Gasteiger partial charge in [-0.1, -0.05) is 94.7 Å². The second kappa shape index (κ2) is 6.90. The molecule has 0 spiro atoms. The number of aromatic nitrogens is 1. The molecule has 5 aromatic rings. The lowest BCUT2D eigenvalue weighted by Crippen LogP contribution is -2.33. The predicted octanol–water partition coefficient (Wildman–Crippen LogP) is 1.88. The Morgan fingerprint density at radius 3 is 1.97 bits per heavy atom. The molecule has 0 aliphatic rings. The average molecular weight is 389 g/mol. The Kier molecular flexibility index (Phi) is 4.33. The fourth-order valence-electron chi connectivity index (χ4n) is 4.49. The zero-order valence-electron chi connectivity index (χ0n) is 16.8. The van der Waals surface area contributed by atoms with Crippen molar-refractivity contribution in [1.29, 1.82) is 0 Å². The molecule has 0 atom stereocenters. The molecule has 5 heteroatoms. The highest BCUT2D eigenvalue weighted by atomic mass is 35.5. The minimum Gasteiger partial charge on any atom is -0.309 e. The Bertz CT molecular complexity index is 1380. The van der Waals surface area contributed by atoms with E-state index in [0.717, 1.165) is 15.9 Å². The second-order valence-corrected chi connectivity index (χ2v) is 8.03. The van der Waals surface area contributed by atoms with Crippen LogP contribution in [0.1, 0.15) is 0 Å². The van der Waals surface area contributed by atoms with Crippen LogP contribution in [0, 0.1) is 0 Å². The molecule has 0 N–H and O–H groups in total. The summed E-state index contributed by atoms with van der Waals surface area (Å²) in [4.78, 5) is 0. The van der Waals surface area contributed by atoms with Crippen molar-refractivity contribution in [3.8, 4) is 16.8 Å². The van der Waals surface area contributed by atoms with Crippen LogP contribution in [0.5, 0.6) is 0 Å². The highest BCUT2D eigenvalue weighted by molar-refractivity contribution is 6.64. The average Bonchev–Trinajstić information content (AvgIpc) is 3.13. The number of nitrogens with zero attached hydrogens (tertiary/aromatic N) is 1.